The second-order valence-corrected chi connectivity index (χ2v) is 11.5. The van der Waals surface area contributed by atoms with Crippen LogP contribution in [0.2, 0.25) is 0 Å². The average Bonchev–Trinajstić information content (AvgIpc) is 3.55. The van der Waals surface area contributed by atoms with E-state index in [0.29, 0.717) is 51.5 Å². The van der Waals surface area contributed by atoms with Gasteiger partial charge in [0.1, 0.15) is 12.0 Å². The van der Waals surface area contributed by atoms with Gasteiger partial charge in [-0.05, 0) is 63.0 Å². The van der Waals surface area contributed by atoms with E-state index in [1.807, 2.05) is 60.7 Å². The topological polar surface area (TPSA) is 124 Å². The summed E-state index contributed by atoms with van der Waals surface area (Å²) < 4.78 is 13.1. The molecule has 2 aromatic rings. The molecule has 8 nitrogen and oxygen atoms in total. The summed E-state index contributed by atoms with van der Waals surface area (Å²) in [5.41, 5.74) is 6.94. The quantitative estimate of drug-likeness (QED) is 0.302. The zero-order valence-electron chi connectivity index (χ0n) is 22.8. The van der Waals surface area contributed by atoms with Gasteiger partial charge >= 0.3 is 38.0 Å². The third-order valence-corrected chi connectivity index (χ3v) is 9.68. The first-order chi connectivity index (χ1) is 18.3. The van der Waals surface area contributed by atoms with E-state index in [1.165, 1.54) is 9.80 Å². The Morgan fingerprint density at radius 1 is 1.00 bits per heavy atom. The molecule has 0 aromatic heterocycles. The molecule has 2 aliphatic rings. The number of aryl methyl sites for hydroxylation is 2. The normalized spacial score (nSPS) is 22.9. The first-order valence-electron chi connectivity index (χ1n) is 13.3. The molecule has 0 aliphatic carbocycles. The number of amides is 2. The molecule has 0 saturated carbocycles. The number of rotatable bonds is 10. The van der Waals surface area contributed by atoms with Gasteiger partial charge in [-0.25, -0.2) is 0 Å². The minimum atomic E-state index is -1.99. The fraction of sp³-hybridized carbons (Fsp3) is 0.483. The summed E-state index contributed by atoms with van der Waals surface area (Å²) in [7, 11) is -1.32. The molecule has 0 radical (unpaired) electrons. The van der Waals surface area contributed by atoms with Crippen LogP contribution in [-0.2, 0) is 31.8 Å². The molecule has 4 rings (SSSR count). The van der Waals surface area contributed by atoms with Gasteiger partial charge in [-0.3, -0.25) is 14.5 Å². The number of benzene rings is 2. The largest absolute Gasteiger partial charge is 1.00 e. The number of hydrogen-bond donors (Lipinski definition) is 1. The Hall–Kier alpha value is -2.09. The molecule has 0 spiro atoms. The average molecular weight is 561 g/mol. The van der Waals surface area contributed by atoms with E-state index < -0.39 is 43.1 Å². The van der Waals surface area contributed by atoms with Gasteiger partial charge in [0, 0.05) is 18.5 Å². The summed E-state index contributed by atoms with van der Waals surface area (Å²) in [6.07, 6.45) is 3.45. The van der Waals surface area contributed by atoms with Crippen molar-refractivity contribution in [3.05, 3.63) is 71.8 Å². The summed E-state index contributed by atoms with van der Waals surface area (Å²) in [5.74, 6) is -2.32. The molecule has 1 unspecified atom stereocenters. The van der Waals surface area contributed by atoms with Crippen LogP contribution in [0.15, 0.2) is 60.7 Å². The maximum absolute atomic E-state index is 14.0. The number of carbonyl (C=O) groups is 3. The van der Waals surface area contributed by atoms with E-state index in [2.05, 4.69) is 0 Å². The molecule has 39 heavy (non-hydrogen) atoms. The smallest absolute Gasteiger partial charge is 0.543 e. The molecule has 2 saturated heterocycles. The van der Waals surface area contributed by atoms with E-state index in [0.717, 1.165) is 11.1 Å². The SMILES string of the molecule is C[C@H](N)C(=O)N1CCC[C@H]1C(=O)N1CCC(CCc2ccccc2)(CCc2ccccc2)[C@@]1([PH+]=O)C(=O)[O-].[Na+]. The van der Waals surface area contributed by atoms with Crippen LogP contribution in [0.3, 0.4) is 0 Å². The van der Waals surface area contributed by atoms with Crippen molar-refractivity contribution in [2.24, 2.45) is 11.1 Å². The predicted molar refractivity (Wildman–Crippen MR) is 143 cm³/mol. The number of carboxylic acid groups (broad SMARTS) is 1. The number of hydrogen-bond acceptors (Lipinski definition) is 6. The number of nitrogens with zero attached hydrogens (tertiary/aromatic N) is 2. The van der Waals surface area contributed by atoms with Crippen LogP contribution < -0.4 is 40.4 Å². The van der Waals surface area contributed by atoms with E-state index in [1.54, 1.807) is 6.92 Å². The van der Waals surface area contributed by atoms with Crippen molar-refractivity contribution in [2.45, 2.75) is 69.2 Å². The Kier molecular flexibility index (Phi) is 10.9. The Morgan fingerprint density at radius 3 is 2.00 bits per heavy atom. The minimum Gasteiger partial charge on any atom is -0.543 e. The molecule has 2 fully saturated rings. The van der Waals surface area contributed by atoms with E-state index in [-0.39, 0.29) is 42.0 Å². The third kappa shape index (κ3) is 6.15. The summed E-state index contributed by atoms with van der Waals surface area (Å²) in [6, 6.07) is 17.9. The maximum Gasteiger partial charge on any atom is 1.00 e. The van der Waals surface area contributed by atoms with Crippen molar-refractivity contribution in [3.63, 3.8) is 0 Å². The van der Waals surface area contributed by atoms with Gasteiger partial charge in [-0.15, -0.1) is 0 Å². The monoisotopic (exact) mass is 560 g/mol. The summed E-state index contributed by atoms with van der Waals surface area (Å²) in [5, 5.41) is 11.1. The number of aliphatic carboxylic acids is 1. The molecule has 4 atom stereocenters. The van der Waals surface area contributed by atoms with Crippen molar-refractivity contribution in [2.75, 3.05) is 13.1 Å². The number of nitrogens with two attached hydrogens (primary N) is 1. The van der Waals surface area contributed by atoms with Crippen molar-refractivity contribution in [1.29, 1.82) is 0 Å². The van der Waals surface area contributed by atoms with E-state index in [9.17, 15) is 24.1 Å². The van der Waals surface area contributed by atoms with Crippen LogP contribution in [0.5, 0.6) is 0 Å². The van der Waals surface area contributed by atoms with Gasteiger partial charge < -0.3 is 20.5 Å². The number of carbonyl (C=O) groups excluding carboxylic acids is 3. The maximum atomic E-state index is 14.0. The second kappa shape index (κ2) is 13.5. The molecule has 202 valence electrons. The van der Waals surface area contributed by atoms with Crippen LogP contribution in [0.4, 0.5) is 0 Å². The fourth-order valence-electron chi connectivity index (χ4n) is 6.29. The molecule has 2 heterocycles. The molecule has 2 amide bonds. The van der Waals surface area contributed by atoms with Crippen molar-refractivity contribution < 1.29 is 53.6 Å². The van der Waals surface area contributed by atoms with Crippen LogP contribution >= 0.6 is 8.46 Å². The van der Waals surface area contributed by atoms with E-state index in [4.69, 9.17) is 5.73 Å². The van der Waals surface area contributed by atoms with Crippen LogP contribution in [0.1, 0.15) is 50.2 Å². The number of carboxylic acids is 1. The Bertz CT molecular complexity index is 1120. The van der Waals surface area contributed by atoms with Crippen LogP contribution in [0, 0.1) is 5.41 Å². The Labute approximate surface area is 253 Å². The summed E-state index contributed by atoms with van der Waals surface area (Å²) in [4.78, 5) is 42.5. The van der Waals surface area contributed by atoms with E-state index >= 15 is 0 Å². The van der Waals surface area contributed by atoms with Crippen LogP contribution in [-0.4, -0.2) is 58.0 Å². The zero-order chi connectivity index (χ0) is 27.3. The Morgan fingerprint density at radius 2 is 1.54 bits per heavy atom. The molecule has 2 N–H and O–H groups in total. The summed E-state index contributed by atoms with van der Waals surface area (Å²) >= 11 is 0. The van der Waals surface area contributed by atoms with Crippen molar-refractivity contribution in [3.8, 4) is 0 Å². The molecule has 2 aliphatic heterocycles. The summed E-state index contributed by atoms with van der Waals surface area (Å²) in [6.45, 7) is 2.10. The molecule has 10 heteroatoms. The third-order valence-electron chi connectivity index (χ3n) is 8.38. The van der Waals surface area contributed by atoms with Gasteiger partial charge in [-0.2, -0.15) is 0 Å². The van der Waals surface area contributed by atoms with Gasteiger partial charge in [-0.1, -0.05) is 65.2 Å². The molecule has 0 bridgehead atoms. The Balaban J connectivity index is 0.00000420. The fourth-order valence-corrected chi connectivity index (χ4v) is 7.30. The van der Waals surface area contributed by atoms with Crippen molar-refractivity contribution in [1.82, 2.24) is 9.80 Å². The molecular weight excluding hydrogens is 524 g/mol. The van der Waals surface area contributed by atoms with Gasteiger partial charge in [0.25, 0.3) is 5.28 Å². The second-order valence-electron chi connectivity index (χ2n) is 10.6. The zero-order valence-corrected chi connectivity index (χ0v) is 25.8. The minimum absolute atomic E-state index is 0. The van der Waals surface area contributed by atoms with Crippen molar-refractivity contribution >= 4 is 26.2 Å². The van der Waals surface area contributed by atoms with Crippen LogP contribution in [0.25, 0.3) is 0 Å². The first kappa shape index (κ1) is 31.4. The van der Waals surface area contributed by atoms with Gasteiger partial charge in [0.15, 0.2) is 0 Å². The predicted octanol–water partition coefficient (Wildman–Crippen LogP) is -0.717. The molecular formula is C29H36N3NaO5P+. The molecule has 2 aromatic carbocycles. The number of likely N-dealkylation sites (tertiary alicyclic amines) is 2. The van der Waals surface area contributed by atoms with Gasteiger partial charge in [0.05, 0.1) is 6.04 Å². The van der Waals surface area contributed by atoms with Gasteiger partial charge in [0.2, 0.25) is 11.8 Å². The first-order valence-corrected chi connectivity index (χ1v) is 14.2. The standard InChI is InChI=1S/C29H36N3O5P.Na/c1-21(30)25(33)31-19-8-13-24(31)26(34)32-20-18-28(29(32,38-37)27(35)36,16-14-22-9-4-2-5-10-22)17-15-23-11-6-3-7-12-23;/h2-7,9-12,21,24H,8,13-20,30H2,1H3,(H,35,36);/q;+1/t21-,24-,29-;/m0./s1.